The molecule has 0 aliphatic carbocycles. The highest BCUT2D eigenvalue weighted by molar-refractivity contribution is 6.04. The molecule has 0 aliphatic rings. The van der Waals surface area contributed by atoms with Crippen LogP contribution in [0.3, 0.4) is 0 Å². The molecule has 0 saturated carbocycles. The van der Waals surface area contributed by atoms with Crippen molar-refractivity contribution in [2.24, 2.45) is 0 Å². The van der Waals surface area contributed by atoms with Gasteiger partial charge in [-0.25, -0.2) is 4.98 Å². The lowest BCUT2D eigenvalue weighted by atomic mass is 10.3. The first-order valence-electron chi connectivity index (χ1n) is 4.85. The van der Waals surface area contributed by atoms with Gasteiger partial charge in [-0.1, -0.05) is 12.0 Å². The lowest BCUT2D eigenvalue weighted by Gasteiger charge is -2.02. The highest BCUT2D eigenvalue weighted by Gasteiger charge is 2.05. The number of rotatable bonds is 3. The van der Waals surface area contributed by atoms with E-state index in [1.807, 2.05) is 0 Å². The van der Waals surface area contributed by atoms with Crippen molar-refractivity contribution >= 4 is 5.78 Å². The van der Waals surface area contributed by atoms with Crippen molar-refractivity contribution in [1.29, 1.82) is 0 Å². The molecule has 0 aromatic carbocycles. The monoisotopic (exact) mass is 232 g/mol. The van der Waals surface area contributed by atoms with Gasteiger partial charge in [0.1, 0.15) is 5.56 Å². The minimum absolute atomic E-state index is 0.187. The zero-order valence-electron chi connectivity index (χ0n) is 9.85. The molecule has 0 unspecified atom stereocenters. The summed E-state index contributed by atoms with van der Waals surface area (Å²) < 4.78 is 9.86. The molecule has 1 heterocycles. The Bertz CT molecular complexity index is 498. The summed E-state index contributed by atoms with van der Waals surface area (Å²) in [5.74, 6) is 5.07. The van der Waals surface area contributed by atoms with Gasteiger partial charge in [0.2, 0.25) is 11.7 Å². The summed E-state index contributed by atoms with van der Waals surface area (Å²) in [6, 6.07) is 0.187. The first-order valence-corrected chi connectivity index (χ1v) is 4.85. The van der Waals surface area contributed by atoms with Crippen LogP contribution >= 0.6 is 0 Å². The van der Waals surface area contributed by atoms with Crippen LogP contribution in [0.2, 0.25) is 0 Å². The van der Waals surface area contributed by atoms with Gasteiger partial charge in [0, 0.05) is 0 Å². The first-order chi connectivity index (χ1) is 8.21. The minimum Gasteiger partial charge on any atom is -0.480 e. The maximum Gasteiger partial charge on any atom is 0.319 e. The molecule has 5 heteroatoms. The molecule has 88 valence electrons. The van der Waals surface area contributed by atoms with E-state index in [-0.39, 0.29) is 17.7 Å². The topological polar surface area (TPSA) is 61.3 Å². The summed E-state index contributed by atoms with van der Waals surface area (Å²) in [5.41, 5.74) is 0.436. The third-order valence-corrected chi connectivity index (χ3v) is 1.75. The van der Waals surface area contributed by atoms with Crippen LogP contribution in [-0.4, -0.2) is 30.0 Å². The minimum atomic E-state index is -0.287. The zero-order valence-corrected chi connectivity index (χ0v) is 9.85. The second-order valence-corrected chi connectivity index (χ2v) is 2.89. The van der Waals surface area contributed by atoms with Crippen molar-refractivity contribution in [2.75, 3.05) is 14.2 Å². The molecule has 0 fully saturated rings. The summed E-state index contributed by atoms with van der Waals surface area (Å²) in [7, 11) is 2.91. The maximum absolute atomic E-state index is 11.2. The predicted molar refractivity (Wildman–Crippen MR) is 61.8 cm³/mol. The summed E-state index contributed by atoms with van der Waals surface area (Å²) in [6.45, 7) is 1.75. The molecule has 5 nitrogen and oxygen atoms in total. The molecule has 0 amide bonds. The van der Waals surface area contributed by atoms with Gasteiger partial charge in [-0.3, -0.25) is 4.79 Å². The van der Waals surface area contributed by atoms with Gasteiger partial charge in [0.05, 0.1) is 20.4 Å². The van der Waals surface area contributed by atoms with E-state index in [0.29, 0.717) is 5.56 Å². The van der Waals surface area contributed by atoms with E-state index < -0.39 is 0 Å². The summed E-state index contributed by atoms with van der Waals surface area (Å²) >= 11 is 0. The largest absolute Gasteiger partial charge is 0.480 e. The van der Waals surface area contributed by atoms with Crippen molar-refractivity contribution in [3.8, 4) is 23.7 Å². The summed E-state index contributed by atoms with van der Waals surface area (Å²) in [5, 5.41) is 0. The molecule has 0 spiro atoms. The Morgan fingerprint density at radius 2 is 2.18 bits per heavy atom. The van der Waals surface area contributed by atoms with Crippen LogP contribution in [0.1, 0.15) is 12.5 Å². The number of carbonyl (C=O) groups is 1. The van der Waals surface area contributed by atoms with E-state index in [1.165, 1.54) is 26.5 Å². The Hall–Kier alpha value is -2.35. The fraction of sp³-hybridized carbons (Fsp3) is 0.250. The zero-order chi connectivity index (χ0) is 12.7. The van der Waals surface area contributed by atoms with Crippen LogP contribution in [-0.2, 0) is 4.79 Å². The van der Waals surface area contributed by atoms with Gasteiger partial charge >= 0.3 is 6.01 Å². The second kappa shape index (κ2) is 6.28. The third kappa shape index (κ3) is 3.61. The third-order valence-electron chi connectivity index (χ3n) is 1.75. The smallest absolute Gasteiger partial charge is 0.319 e. The van der Waals surface area contributed by atoms with Gasteiger partial charge in [-0.15, -0.1) is 0 Å². The maximum atomic E-state index is 11.2. The molecular formula is C12H12N2O3. The Labute approximate surface area is 99.5 Å². The van der Waals surface area contributed by atoms with Crippen LogP contribution in [0, 0.1) is 11.8 Å². The number of carbonyl (C=O) groups excluding carboxylic acids is 1. The van der Waals surface area contributed by atoms with Gasteiger partial charge in [0.25, 0.3) is 0 Å². The van der Waals surface area contributed by atoms with E-state index >= 15 is 0 Å². The molecule has 0 saturated heterocycles. The molecule has 1 rings (SSSR count). The van der Waals surface area contributed by atoms with E-state index in [0.717, 1.165) is 0 Å². The lowest BCUT2D eigenvalue weighted by molar-refractivity contribution is -0.109. The number of hydrogen-bond donors (Lipinski definition) is 0. The molecule has 17 heavy (non-hydrogen) atoms. The van der Waals surface area contributed by atoms with Gasteiger partial charge in [-0.05, 0) is 18.9 Å². The van der Waals surface area contributed by atoms with Crippen LogP contribution in [0.15, 0.2) is 18.3 Å². The molecule has 0 radical (unpaired) electrons. The molecule has 0 N–H and O–H groups in total. The number of allylic oxidation sites excluding steroid dienone is 2. The quantitative estimate of drug-likeness (QED) is 0.574. The Morgan fingerprint density at radius 1 is 1.41 bits per heavy atom. The Kier molecular flexibility index (Phi) is 4.70. The van der Waals surface area contributed by atoms with Gasteiger partial charge in [-0.2, -0.15) is 4.98 Å². The Balaban J connectivity index is 3.02. The standard InChI is InChI=1S/C12H12N2O3/c1-4-5-10(15)7-6-9-8-13-12(17-3)14-11(9)16-2/h4-5,8H,1-3H3/b5-4-. The lowest BCUT2D eigenvalue weighted by Crippen LogP contribution is -1.98. The number of nitrogens with zero attached hydrogens (tertiary/aromatic N) is 2. The van der Waals surface area contributed by atoms with E-state index in [9.17, 15) is 4.79 Å². The van der Waals surface area contributed by atoms with Crippen molar-refractivity contribution < 1.29 is 14.3 Å². The van der Waals surface area contributed by atoms with E-state index in [1.54, 1.807) is 13.0 Å². The molecule has 1 aromatic heterocycles. The highest BCUT2D eigenvalue weighted by Crippen LogP contribution is 2.15. The molecule has 1 aromatic rings. The number of methoxy groups -OCH3 is 2. The normalized spacial score (nSPS) is 9.59. The van der Waals surface area contributed by atoms with Crippen LogP contribution in [0.5, 0.6) is 11.9 Å². The van der Waals surface area contributed by atoms with Crippen molar-refractivity contribution in [3.63, 3.8) is 0 Å². The number of ketones is 1. The molecule has 0 bridgehead atoms. The highest BCUT2D eigenvalue weighted by atomic mass is 16.5. The fourth-order valence-corrected chi connectivity index (χ4v) is 1.01. The second-order valence-electron chi connectivity index (χ2n) is 2.89. The molecule has 0 atom stereocenters. The van der Waals surface area contributed by atoms with Crippen LogP contribution < -0.4 is 9.47 Å². The van der Waals surface area contributed by atoms with Gasteiger partial charge < -0.3 is 9.47 Å². The number of ether oxygens (including phenoxy) is 2. The number of hydrogen-bond acceptors (Lipinski definition) is 5. The average molecular weight is 232 g/mol. The predicted octanol–water partition coefficient (Wildman–Crippen LogP) is 0.990. The van der Waals surface area contributed by atoms with Crippen molar-refractivity contribution in [1.82, 2.24) is 9.97 Å². The summed E-state index contributed by atoms with van der Waals surface area (Å²) in [6.07, 6.45) is 4.45. The SMILES string of the molecule is C/C=C\C(=O)C#Cc1cnc(OC)nc1OC. The average Bonchev–Trinajstić information content (AvgIpc) is 2.36. The fourth-order valence-electron chi connectivity index (χ4n) is 1.01. The van der Waals surface area contributed by atoms with E-state index in [2.05, 4.69) is 21.8 Å². The Morgan fingerprint density at radius 3 is 2.76 bits per heavy atom. The van der Waals surface area contributed by atoms with Gasteiger partial charge in [0.15, 0.2) is 0 Å². The van der Waals surface area contributed by atoms with Crippen LogP contribution in [0.4, 0.5) is 0 Å². The molecule has 0 aliphatic heterocycles. The number of aromatic nitrogens is 2. The van der Waals surface area contributed by atoms with E-state index in [4.69, 9.17) is 9.47 Å². The first kappa shape index (κ1) is 12.7. The van der Waals surface area contributed by atoms with Crippen molar-refractivity contribution in [2.45, 2.75) is 6.92 Å². The van der Waals surface area contributed by atoms with Crippen LogP contribution in [0.25, 0.3) is 0 Å². The molecular weight excluding hydrogens is 220 g/mol. The summed E-state index contributed by atoms with van der Waals surface area (Å²) in [4.78, 5) is 19.0. The van der Waals surface area contributed by atoms with Crippen molar-refractivity contribution in [3.05, 3.63) is 23.9 Å².